The fraction of sp³-hybridized carbons (Fsp3) is 0.542. The number of hydrogen-bond acceptors (Lipinski definition) is 5. The van der Waals surface area contributed by atoms with Gasteiger partial charge in [0.1, 0.15) is 6.10 Å². The Morgan fingerprint density at radius 1 is 1.21 bits per heavy atom. The smallest absolute Gasteiger partial charge is 0.191 e. The van der Waals surface area contributed by atoms with Crippen LogP contribution in [0, 0.1) is 17.8 Å². The average molecular weight is 396 g/mol. The highest BCUT2D eigenvalue weighted by Crippen LogP contribution is 2.50. The summed E-state index contributed by atoms with van der Waals surface area (Å²) in [6, 6.07) is 9.90. The van der Waals surface area contributed by atoms with Gasteiger partial charge in [0.2, 0.25) is 0 Å². The first-order chi connectivity index (χ1) is 13.9. The quantitative estimate of drug-likeness (QED) is 0.685. The number of hydrogen-bond donors (Lipinski definition) is 0. The molecule has 1 aromatic carbocycles. The standard InChI is InChI=1S/C24H28O5/c1-4-24(26-14-15-8-6-5-7-9-15)20(27-22-21(24)28-23(2,3)29-22)19(25)18-13-16-10-11-17(18)12-16/h4-11,16-18,20-22H,1,12-14H2,2-3H3/t16-,17+,18-,20+,21-,22+,24+/m0/s1. The summed E-state index contributed by atoms with van der Waals surface area (Å²) in [7, 11) is 0. The van der Waals surface area contributed by atoms with E-state index in [-0.39, 0.29) is 11.7 Å². The molecule has 0 radical (unpaired) electrons. The molecule has 5 rings (SSSR count). The zero-order valence-electron chi connectivity index (χ0n) is 17.0. The van der Waals surface area contributed by atoms with E-state index in [0.29, 0.717) is 18.4 Å². The van der Waals surface area contributed by atoms with E-state index in [2.05, 4.69) is 18.7 Å². The lowest BCUT2D eigenvalue weighted by atomic mass is 9.80. The first kappa shape index (κ1) is 19.2. The zero-order valence-corrected chi connectivity index (χ0v) is 17.0. The molecule has 1 aromatic rings. The zero-order chi connectivity index (χ0) is 20.2. The Balaban J connectivity index is 1.45. The molecule has 3 fully saturated rings. The van der Waals surface area contributed by atoms with Crippen LogP contribution in [0.5, 0.6) is 0 Å². The fourth-order valence-electron chi connectivity index (χ4n) is 5.34. The van der Waals surface area contributed by atoms with Gasteiger partial charge in [-0.2, -0.15) is 0 Å². The first-order valence-corrected chi connectivity index (χ1v) is 10.5. The molecular formula is C24H28O5. The van der Waals surface area contributed by atoms with Gasteiger partial charge >= 0.3 is 0 Å². The van der Waals surface area contributed by atoms with Gasteiger partial charge in [-0.15, -0.1) is 6.58 Å². The van der Waals surface area contributed by atoms with Crippen molar-refractivity contribution in [2.24, 2.45) is 17.8 Å². The Hall–Kier alpha value is -1.79. The van der Waals surface area contributed by atoms with Gasteiger partial charge in [-0.3, -0.25) is 4.79 Å². The maximum atomic E-state index is 13.6. The lowest BCUT2D eigenvalue weighted by Crippen LogP contribution is -2.54. The van der Waals surface area contributed by atoms with Crippen molar-refractivity contribution in [2.45, 2.75) is 63.2 Å². The first-order valence-electron chi connectivity index (χ1n) is 10.5. The van der Waals surface area contributed by atoms with Crippen molar-refractivity contribution in [2.75, 3.05) is 0 Å². The summed E-state index contributed by atoms with van der Waals surface area (Å²) in [6.45, 7) is 8.06. The highest BCUT2D eigenvalue weighted by Gasteiger charge is 2.66. The van der Waals surface area contributed by atoms with Gasteiger partial charge in [0, 0.05) is 5.92 Å². The molecule has 2 aliphatic carbocycles. The maximum Gasteiger partial charge on any atom is 0.191 e. The van der Waals surface area contributed by atoms with Gasteiger partial charge in [-0.1, -0.05) is 48.6 Å². The normalized spacial score (nSPS) is 41.6. The van der Waals surface area contributed by atoms with Crippen LogP contribution in [-0.4, -0.2) is 35.7 Å². The number of Topliss-reactive ketones (excluding diaryl/α,β-unsaturated/α-hetero) is 1. The highest BCUT2D eigenvalue weighted by molar-refractivity contribution is 5.88. The number of ether oxygens (including phenoxy) is 4. The third kappa shape index (κ3) is 3.12. The Kier molecular flexibility index (Phi) is 4.55. The average Bonchev–Trinajstić information content (AvgIpc) is 3.46. The molecule has 1 saturated carbocycles. The molecule has 0 unspecified atom stereocenters. The van der Waals surface area contributed by atoms with Crippen LogP contribution in [0.15, 0.2) is 55.1 Å². The molecule has 0 spiro atoms. The molecule has 0 amide bonds. The van der Waals surface area contributed by atoms with E-state index in [1.165, 1.54) is 0 Å². The van der Waals surface area contributed by atoms with Crippen LogP contribution in [0.25, 0.3) is 0 Å². The predicted molar refractivity (Wildman–Crippen MR) is 107 cm³/mol. The van der Waals surface area contributed by atoms with Crippen molar-refractivity contribution in [3.63, 3.8) is 0 Å². The second-order valence-electron chi connectivity index (χ2n) is 9.06. The van der Waals surface area contributed by atoms with Crippen molar-refractivity contribution < 1.29 is 23.7 Å². The van der Waals surface area contributed by atoms with Crippen molar-refractivity contribution in [3.8, 4) is 0 Å². The van der Waals surface area contributed by atoms with Crippen LogP contribution in [0.3, 0.4) is 0 Å². The molecule has 29 heavy (non-hydrogen) atoms. The van der Waals surface area contributed by atoms with E-state index in [0.717, 1.165) is 18.4 Å². The summed E-state index contributed by atoms with van der Waals surface area (Å²) in [5.74, 6) is 0.0369. The maximum absolute atomic E-state index is 13.6. The number of rotatable bonds is 6. The Bertz CT molecular complexity index is 831. The Labute approximate surface area is 171 Å². The van der Waals surface area contributed by atoms with Crippen LogP contribution >= 0.6 is 0 Å². The fourth-order valence-corrected chi connectivity index (χ4v) is 5.34. The summed E-state index contributed by atoms with van der Waals surface area (Å²) >= 11 is 0. The van der Waals surface area contributed by atoms with E-state index in [4.69, 9.17) is 18.9 Å². The van der Waals surface area contributed by atoms with Crippen LogP contribution in [0.1, 0.15) is 32.3 Å². The molecule has 2 bridgehead atoms. The molecular weight excluding hydrogens is 368 g/mol. The van der Waals surface area contributed by atoms with Crippen LogP contribution in [-0.2, 0) is 30.3 Å². The molecule has 7 atom stereocenters. The minimum Gasteiger partial charge on any atom is -0.360 e. The van der Waals surface area contributed by atoms with Crippen LogP contribution in [0.2, 0.25) is 0 Å². The predicted octanol–water partition coefficient (Wildman–Crippen LogP) is 3.79. The molecule has 4 aliphatic rings. The number of carbonyl (C=O) groups is 1. The van der Waals surface area contributed by atoms with Crippen molar-refractivity contribution in [3.05, 3.63) is 60.7 Å². The molecule has 2 heterocycles. The molecule has 5 heteroatoms. The second-order valence-corrected chi connectivity index (χ2v) is 9.06. The molecule has 5 nitrogen and oxygen atoms in total. The van der Waals surface area contributed by atoms with Gasteiger partial charge in [0.25, 0.3) is 0 Å². The van der Waals surface area contributed by atoms with Crippen LogP contribution < -0.4 is 0 Å². The number of benzene rings is 1. The topological polar surface area (TPSA) is 54.0 Å². The van der Waals surface area contributed by atoms with E-state index in [1.54, 1.807) is 6.08 Å². The summed E-state index contributed by atoms with van der Waals surface area (Å²) in [5, 5.41) is 0. The van der Waals surface area contributed by atoms with Gasteiger partial charge in [0.15, 0.2) is 29.6 Å². The molecule has 0 aromatic heterocycles. The lowest BCUT2D eigenvalue weighted by Gasteiger charge is -2.36. The molecule has 2 saturated heterocycles. The monoisotopic (exact) mass is 396 g/mol. The third-order valence-electron chi connectivity index (χ3n) is 6.74. The minimum absolute atomic E-state index is 0.0403. The SMILES string of the molecule is C=C[C@@]1(OCc2ccccc2)[C@@H](C(=O)[C@H]2C[C@H]3C=C[C@@H]2C3)O[C@@H]2OC(C)(C)O[C@@H]21. The molecule has 154 valence electrons. The number of fused-ring (bicyclic) bond motifs is 3. The minimum atomic E-state index is -1.09. The van der Waals surface area contributed by atoms with Gasteiger partial charge in [-0.25, -0.2) is 0 Å². The molecule has 0 N–H and O–H groups in total. The number of allylic oxidation sites excluding steroid dienone is 2. The summed E-state index contributed by atoms with van der Waals surface area (Å²) < 4.78 is 24.7. The van der Waals surface area contributed by atoms with Crippen molar-refractivity contribution in [1.29, 1.82) is 0 Å². The number of ketones is 1. The summed E-state index contributed by atoms with van der Waals surface area (Å²) in [6.07, 6.45) is 6.08. The van der Waals surface area contributed by atoms with Gasteiger partial charge in [-0.05, 0) is 44.1 Å². The van der Waals surface area contributed by atoms with Gasteiger partial charge < -0.3 is 18.9 Å². The molecule has 2 aliphatic heterocycles. The largest absolute Gasteiger partial charge is 0.360 e. The van der Waals surface area contributed by atoms with E-state index in [1.807, 2.05) is 44.2 Å². The second kappa shape index (κ2) is 6.88. The Morgan fingerprint density at radius 3 is 2.66 bits per heavy atom. The van der Waals surface area contributed by atoms with Gasteiger partial charge in [0.05, 0.1) is 6.61 Å². The third-order valence-corrected chi connectivity index (χ3v) is 6.74. The summed E-state index contributed by atoms with van der Waals surface area (Å²) in [5.41, 5.74) is -0.0684. The Morgan fingerprint density at radius 2 is 2.00 bits per heavy atom. The van der Waals surface area contributed by atoms with E-state index >= 15 is 0 Å². The van der Waals surface area contributed by atoms with Crippen molar-refractivity contribution in [1.82, 2.24) is 0 Å². The summed E-state index contributed by atoms with van der Waals surface area (Å²) in [4.78, 5) is 13.6. The lowest BCUT2D eigenvalue weighted by molar-refractivity contribution is -0.229. The van der Waals surface area contributed by atoms with E-state index < -0.39 is 29.9 Å². The highest BCUT2D eigenvalue weighted by atomic mass is 16.8. The van der Waals surface area contributed by atoms with Crippen LogP contribution in [0.4, 0.5) is 0 Å². The number of carbonyl (C=O) groups excluding carboxylic acids is 1. The van der Waals surface area contributed by atoms with E-state index in [9.17, 15) is 4.79 Å². The van der Waals surface area contributed by atoms with Crippen molar-refractivity contribution >= 4 is 5.78 Å².